The largest absolute Gasteiger partial charge is 0.396 e. The van der Waals surface area contributed by atoms with Gasteiger partial charge in [-0.25, -0.2) is 0 Å². The maximum atomic E-state index is 13.8. The third kappa shape index (κ3) is 4.47. The number of rotatable bonds is 9. The van der Waals surface area contributed by atoms with E-state index in [9.17, 15) is 14.4 Å². The van der Waals surface area contributed by atoms with Crippen molar-refractivity contribution in [2.45, 2.75) is 88.0 Å². The fraction of sp³-hybridized carbons (Fsp3) is 0.667. The highest BCUT2D eigenvalue weighted by atomic mass is 16.5. The number of likely N-dealkylation sites (tertiary alicyclic amines) is 1. The van der Waals surface area contributed by atoms with Gasteiger partial charge >= 0.3 is 0 Å². The Bertz CT molecular complexity index is 934. The number of aliphatic hydroxyl groups is 1. The Morgan fingerprint density at radius 3 is 2.54 bits per heavy atom. The first-order valence-corrected chi connectivity index (χ1v) is 13.3. The van der Waals surface area contributed by atoms with E-state index in [0.29, 0.717) is 37.9 Å². The smallest absolute Gasteiger partial charge is 0.246 e. The average molecular weight is 484 g/mol. The summed E-state index contributed by atoms with van der Waals surface area (Å²) in [6.45, 7) is 0.541. The zero-order chi connectivity index (χ0) is 24.4. The Balaban J connectivity index is 1.40. The lowest BCUT2D eigenvalue weighted by Gasteiger charge is -2.35. The Kier molecular flexibility index (Phi) is 7.12. The third-order valence-corrected chi connectivity index (χ3v) is 8.40. The molecule has 4 aliphatic rings. The second kappa shape index (κ2) is 10.3. The normalized spacial score (nSPS) is 32.0. The number of hydrogen-bond acceptors (Lipinski definition) is 5. The number of carbonyl (C=O) groups is 3. The quantitative estimate of drug-likeness (QED) is 0.468. The number of amides is 3. The van der Waals surface area contributed by atoms with Gasteiger partial charge in [0.25, 0.3) is 0 Å². The van der Waals surface area contributed by atoms with Crippen LogP contribution in [0.2, 0.25) is 0 Å². The Morgan fingerprint density at radius 2 is 1.80 bits per heavy atom. The maximum absolute atomic E-state index is 13.8. The molecule has 2 unspecified atom stereocenters. The fourth-order valence-corrected chi connectivity index (χ4v) is 6.84. The first-order valence-electron chi connectivity index (χ1n) is 13.3. The molecule has 35 heavy (non-hydrogen) atoms. The summed E-state index contributed by atoms with van der Waals surface area (Å²) in [5.41, 5.74) is -0.261. The molecule has 8 nitrogen and oxygen atoms in total. The van der Waals surface area contributed by atoms with Gasteiger partial charge < -0.3 is 25.4 Å². The third-order valence-electron chi connectivity index (χ3n) is 8.40. The molecule has 8 heteroatoms. The molecular formula is C27H37N3O5. The van der Waals surface area contributed by atoms with Crippen LogP contribution >= 0.6 is 0 Å². The van der Waals surface area contributed by atoms with E-state index in [1.165, 1.54) is 6.42 Å². The summed E-state index contributed by atoms with van der Waals surface area (Å²) >= 11 is 0. The lowest BCUT2D eigenvalue weighted by atomic mass is 9.70. The van der Waals surface area contributed by atoms with Crippen LogP contribution in [0.1, 0.15) is 64.2 Å². The number of nitrogens with one attached hydrogen (secondary N) is 2. The molecule has 3 heterocycles. The second-order valence-corrected chi connectivity index (χ2v) is 10.6. The lowest BCUT2D eigenvalue weighted by Crippen LogP contribution is -2.57. The van der Waals surface area contributed by atoms with Crippen LogP contribution in [0.3, 0.4) is 0 Å². The molecule has 3 saturated heterocycles. The van der Waals surface area contributed by atoms with Crippen LogP contribution in [0, 0.1) is 11.8 Å². The number of aliphatic hydroxyl groups excluding tert-OH is 1. The maximum Gasteiger partial charge on any atom is 0.246 e. The van der Waals surface area contributed by atoms with Gasteiger partial charge in [0, 0.05) is 24.9 Å². The molecule has 0 aromatic heterocycles. The lowest BCUT2D eigenvalue weighted by molar-refractivity contribution is -0.142. The van der Waals surface area contributed by atoms with Crippen molar-refractivity contribution < 1.29 is 24.2 Å². The van der Waals surface area contributed by atoms with Crippen molar-refractivity contribution in [3.63, 3.8) is 0 Å². The number of carbonyl (C=O) groups excluding carboxylic acids is 3. The number of anilines is 1. The van der Waals surface area contributed by atoms with E-state index in [2.05, 4.69) is 10.6 Å². The van der Waals surface area contributed by atoms with Gasteiger partial charge in [-0.3, -0.25) is 14.4 Å². The minimum atomic E-state index is -0.948. The highest BCUT2D eigenvalue weighted by Crippen LogP contribution is 2.58. The van der Waals surface area contributed by atoms with Gasteiger partial charge in [-0.15, -0.1) is 0 Å². The highest BCUT2D eigenvalue weighted by Gasteiger charge is 2.74. The average Bonchev–Trinajstić information content (AvgIpc) is 3.50. The summed E-state index contributed by atoms with van der Waals surface area (Å²) < 4.78 is 6.48. The number of para-hydroxylation sites is 1. The highest BCUT2D eigenvalue weighted by molar-refractivity contribution is 6.02. The van der Waals surface area contributed by atoms with E-state index in [1.54, 1.807) is 4.90 Å². The molecule has 3 aliphatic heterocycles. The second-order valence-electron chi connectivity index (χ2n) is 10.6. The van der Waals surface area contributed by atoms with E-state index in [1.807, 2.05) is 30.3 Å². The first-order chi connectivity index (χ1) is 17.0. The summed E-state index contributed by atoms with van der Waals surface area (Å²) in [4.78, 5) is 42.7. The predicted octanol–water partition coefficient (Wildman–Crippen LogP) is 2.61. The molecule has 5 atom stereocenters. The van der Waals surface area contributed by atoms with E-state index in [0.717, 1.165) is 32.1 Å². The molecule has 0 radical (unpaired) electrons. The van der Waals surface area contributed by atoms with Gasteiger partial charge in [0.05, 0.1) is 17.9 Å². The molecule has 2 bridgehead atoms. The van der Waals surface area contributed by atoms with Crippen molar-refractivity contribution >= 4 is 23.4 Å². The number of fused-ring (bicyclic) bond motifs is 1. The van der Waals surface area contributed by atoms with Crippen molar-refractivity contribution in [2.75, 3.05) is 18.5 Å². The molecule has 3 N–H and O–H groups in total. The summed E-state index contributed by atoms with van der Waals surface area (Å²) in [6, 6.07) is 8.67. The number of hydrogen-bond donors (Lipinski definition) is 3. The molecule has 3 amide bonds. The number of benzene rings is 1. The molecule has 1 aromatic rings. The van der Waals surface area contributed by atoms with Crippen molar-refractivity contribution in [2.24, 2.45) is 11.8 Å². The predicted molar refractivity (Wildman–Crippen MR) is 130 cm³/mol. The Labute approximate surface area is 206 Å². The summed E-state index contributed by atoms with van der Waals surface area (Å²) in [5, 5.41) is 15.4. The molecule has 1 saturated carbocycles. The molecule has 1 aliphatic carbocycles. The monoisotopic (exact) mass is 483 g/mol. The van der Waals surface area contributed by atoms with Crippen LogP contribution in [-0.4, -0.2) is 64.7 Å². The SMILES string of the molecule is O=C(NC1CCCCC1)C1N(CCCCCO)C(=O)[C@@H]2[C@@H](C(=O)Nc3ccccc3)[C@H]3CCC12O3. The first kappa shape index (κ1) is 24.3. The summed E-state index contributed by atoms with van der Waals surface area (Å²) in [5.74, 6) is -1.75. The van der Waals surface area contributed by atoms with Crippen LogP contribution in [0.25, 0.3) is 0 Å². The van der Waals surface area contributed by atoms with Crippen LogP contribution < -0.4 is 10.6 Å². The summed E-state index contributed by atoms with van der Waals surface area (Å²) in [6.07, 6.45) is 8.39. The Hall–Kier alpha value is -2.45. The van der Waals surface area contributed by atoms with E-state index in [4.69, 9.17) is 9.84 Å². The minimum absolute atomic E-state index is 0.110. The number of nitrogens with zero attached hydrogens (tertiary/aromatic N) is 1. The van der Waals surface area contributed by atoms with Crippen LogP contribution in [0.4, 0.5) is 5.69 Å². The molecule has 4 fully saturated rings. The van der Waals surface area contributed by atoms with Gasteiger partial charge in [0.15, 0.2) is 0 Å². The topological polar surface area (TPSA) is 108 Å². The molecular weight excluding hydrogens is 446 g/mol. The van der Waals surface area contributed by atoms with Crippen molar-refractivity contribution in [1.29, 1.82) is 0 Å². The zero-order valence-electron chi connectivity index (χ0n) is 20.3. The van der Waals surface area contributed by atoms with E-state index >= 15 is 0 Å². The Morgan fingerprint density at radius 1 is 1.03 bits per heavy atom. The molecule has 5 rings (SSSR count). The molecule has 190 valence electrons. The van der Waals surface area contributed by atoms with Crippen LogP contribution in [-0.2, 0) is 19.1 Å². The van der Waals surface area contributed by atoms with Crippen LogP contribution in [0.5, 0.6) is 0 Å². The zero-order valence-corrected chi connectivity index (χ0v) is 20.3. The molecule has 1 spiro atoms. The van der Waals surface area contributed by atoms with Crippen molar-refractivity contribution in [3.8, 4) is 0 Å². The van der Waals surface area contributed by atoms with Crippen LogP contribution in [0.15, 0.2) is 30.3 Å². The minimum Gasteiger partial charge on any atom is -0.396 e. The number of unbranched alkanes of at least 4 members (excludes halogenated alkanes) is 2. The van der Waals surface area contributed by atoms with Gasteiger partial charge in [0.1, 0.15) is 11.6 Å². The standard InChI is InChI=1S/C27H37N3O5/c31-17-9-3-8-16-30-23(25(33)29-19-12-6-2-7-13-19)27-15-14-20(35-27)21(22(27)26(30)34)24(32)28-18-10-4-1-5-11-18/h1,4-5,10-11,19-23,31H,2-3,6-9,12-17H2,(H,28,32)(H,29,33)/t20-,21+,22+,23?,27?/m1/s1. The molecule has 1 aromatic carbocycles. The summed E-state index contributed by atoms with van der Waals surface area (Å²) in [7, 11) is 0. The van der Waals surface area contributed by atoms with Gasteiger partial charge in [0.2, 0.25) is 17.7 Å². The van der Waals surface area contributed by atoms with Crippen molar-refractivity contribution in [3.05, 3.63) is 30.3 Å². The van der Waals surface area contributed by atoms with E-state index in [-0.39, 0.29) is 36.5 Å². The van der Waals surface area contributed by atoms with E-state index < -0.39 is 23.5 Å². The number of ether oxygens (including phenoxy) is 1. The van der Waals surface area contributed by atoms with Gasteiger partial charge in [-0.1, -0.05) is 37.5 Å². The fourth-order valence-electron chi connectivity index (χ4n) is 6.84. The van der Waals surface area contributed by atoms with Crippen molar-refractivity contribution in [1.82, 2.24) is 10.2 Å². The van der Waals surface area contributed by atoms with Gasteiger partial charge in [-0.2, -0.15) is 0 Å². The van der Waals surface area contributed by atoms with Gasteiger partial charge in [-0.05, 0) is 57.1 Å².